The van der Waals surface area contributed by atoms with E-state index in [9.17, 15) is 13.2 Å². The maximum Gasteiger partial charge on any atom is 0.255 e. The number of anilines is 1. The Kier molecular flexibility index (Phi) is 5.69. The van der Waals surface area contributed by atoms with E-state index in [1.54, 1.807) is 44.4 Å². The molecular weight excluding hydrogens is 326 g/mol. The maximum absolute atomic E-state index is 12.7. The first kappa shape index (κ1) is 18.1. The van der Waals surface area contributed by atoms with Crippen molar-refractivity contribution in [3.05, 3.63) is 53.9 Å². The molecule has 1 N–H and O–H groups in total. The molecule has 0 saturated heterocycles. The largest absolute Gasteiger partial charge is 0.321 e. The van der Waals surface area contributed by atoms with Crippen LogP contribution in [0, 0.1) is 6.92 Å². The Balaban J connectivity index is 2.33. The number of sulfonamides is 1. The Morgan fingerprint density at radius 3 is 2.67 bits per heavy atom. The van der Waals surface area contributed by atoms with Crippen molar-refractivity contribution in [3.8, 4) is 0 Å². The van der Waals surface area contributed by atoms with Gasteiger partial charge >= 0.3 is 0 Å². The molecule has 0 atom stereocenters. The minimum Gasteiger partial charge on any atom is -0.321 e. The normalized spacial score (nSPS) is 11.5. The summed E-state index contributed by atoms with van der Waals surface area (Å²) in [6.45, 7) is 4.06. The summed E-state index contributed by atoms with van der Waals surface area (Å²) < 4.78 is 26.6. The van der Waals surface area contributed by atoms with E-state index in [-0.39, 0.29) is 16.4 Å². The van der Waals surface area contributed by atoms with Gasteiger partial charge in [0.1, 0.15) is 0 Å². The Hall–Kier alpha value is -2.25. The fourth-order valence-corrected chi connectivity index (χ4v) is 3.77. The molecule has 0 aliphatic rings. The Morgan fingerprint density at radius 1 is 1.29 bits per heavy atom. The van der Waals surface area contributed by atoms with Crippen molar-refractivity contribution >= 4 is 21.6 Å². The van der Waals surface area contributed by atoms with Crippen LogP contribution in [0.2, 0.25) is 0 Å². The highest BCUT2D eigenvalue weighted by atomic mass is 32.2. The minimum absolute atomic E-state index is 0.150. The van der Waals surface area contributed by atoms with Crippen LogP contribution >= 0.6 is 0 Å². The third-order valence-corrected chi connectivity index (χ3v) is 5.60. The molecule has 1 aromatic carbocycles. The molecule has 0 spiro atoms. The molecule has 0 aliphatic carbocycles. The first-order chi connectivity index (χ1) is 11.4. The van der Waals surface area contributed by atoms with Crippen molar-refractivity contribution in [2.45, 2.75) is 25.2 Å². The van der Waals surface area contributed by atoms with Gasteiger partial charge in [0.05, 0.1) is 16.8 Å². The average Bonchev–Trinajstić information content (AvgIpc) is 2.56. The zero-order chi connectivity index (χ0) is 17.7. The van der Waals surface area contributed by atoms with Crippen molar-refractivity contribution < 1.29 is 13.2 Å². The molecule has 1 heterocycles. The zero-order valence-corrected chi connectivity index (χ0v) is 14.8. The van der Waals surface area contributed by atoms with Crippen LogP contribution in [0.4, 0.5) is 5.69 Å². The summed E-state index contributed by atoms with van der Waals surface area (Å²) in [5.74, 6) is -0.377. The zero-order valence-electron chi connectivity index (χ0n) is 14.0. The van der Waals surface area contributed by atoms with Gasteiger partial charge in [0.15, 0.2) is 0 Å². The molecule has 2 rings (SSSR count). The number of carbonyl (C=O) groups is 1. The number of nitrogens with zero attached hydrogens (tertiary/aromatic N) is 2. The summed E-state index contributed by atoms with van der Waals surface area (Å²) in [7, 11) is -2.08. The van der Waals surface area contributed by atoms with Gasteiger partial charge in [-0.05, 0) is 43.2 Å². The average molecular weight is 347 g/mol. The molecule has 128 valence electrons. The molecule has 0 saturated carbocycles. The molecule has 0 unspecified atom stereocenters. The molecule has 0 bridgehead atoms. The van der Waals surface area contributed by atoms with Gasteiger partial charge in [0, 0.05) is 25.4 Å². The number of rotatable bonds is 6. The van der Waals surface area contributed by atoms with Crippen LogP contribution in [0.5, 0.6) is 0 Å². The molecule has 0 fully saturated rings. The number of amides is 1. The van der Waals surface area contributed by atoms with Crippen molar-refractivity contribution in [1.29, 1.82) is 0 Å². The summed E-state index contributed by atoms with van der Waals surface area (Å²) in [6.07, 6.45) is 3.85. The lowest BCUT2D eigenvalue weighted by Gasteiger charge is -2.18. The lowest BCUT2D eigenvalue weighted by atomic mass is 10.1. The third-order valence-electron chi connectivity index (χ3n) is 3.60. The van der Waals surface area contributed by atoms with Gasteiger partial charge < -0.3 is 5.32 Å². The van der Waals surface area contributed by atoms with E-state index in [4.69, 9.17) is 0 Å². The van der Waals surface area contributed by atoms with Crippen LogP contribution < -0.4 is 5.32 Å². The number of benzene rings is 1. The van der Waals surface area contributed by atoms with Gasteiger partial charge in [-0.1, -0.05) is 13.0 Å². The predicted molar refractivity (Wildman–Crippen MR) is 93.5 cm³/mol. The van der Waals surface area contributed by atoms with Crippen LogP contribution in [0.15, 0.2) is 47.6 Å². The Labute approximate surface area is 142 Å². The van der Waals surface area contributed by atoms with Crippen molar-refractivity contribution in [3.63, 3.8) is 0 Å². The monoisotopic (exact) mass is 347 g/mol. The fraction of sp³-hybridized carbons (Fsp3) is 0.294. The van der Waals surface area contributed by atoms with Gasteiger partial charge in [0.2, 0.25) is 10.0 Å². The maximum atomic E-state index is 12.7. The summed E-state index contributed by atoms with van der Waals surface area (Å²) in [5, 5.41) is 2.70. The van der Waals surface area contributed by atoms with Crippen molar-refractivity contribution in [2.75, 3.05) is 18.9 Å². The van der Waals surface area contributed by atoms with Crippen LogP contribution in [0.1, 0.15) is 29.3 Å². The van der Waals surface area contributed by atoms with E-state index in [0.29, 0.717) is 17.8 Å². The van der Waals surface area contributed by atoms with Crippen LogP contribution in [-0.4, -0.2) is 37.2 Å². The van der Waals surface area contributed by atoms with E-state index < -0.39 is 10.0 Å². The van der Waals surface area contributed by atoms with E-state index in [0.717, 1.165) is 6.42 Å². The third kappa shape index (κ3) is 3.98. The van der Waals surface area contributed by atoms with Crippen molar-refractivity contribution in [1.82, 2.24) is 9.29 Å². The topological polar surface area (TPSA) is 79.4 Å². The van der Waals surface area contributed by atoms with Crippen LogP contribution in [-0.2, 0) is 10.0 Å². The summed E-state index contributed by atoms with van der Waals surface area (Å²) in [4.78, 5) is 16.4. The standard InChI is InChI=1S/C17H21N3O3S/c1-4-10-20(3)24(22,23)16-11-14(8-7-13(16)2)17(21)19-15-6-5-9-18-12-15/h5-9,11-12H,4,10H2,1-3H3,(H,19,21). The fourth-order valence-electron chi connectivity index (χ4n) is 2.26. The SMILES string of the molecule is CCCN(C)S(=O)(=O)c1cc(C(=O)Nc2cccnc2)ccc1C. The van der Waals surface area contributed by atoms with Crippen LogP contribution in [0.25, 0.3) is 0 Å². The van der Waals surface area contributed by atoms with Crippen molar-refractivity contribution in [2.24, 2.45) is 0 Å². The molecule has 7 heteroatoms. The molecule has 2 aromatic rings. The van der Waals surface area contributed by atoms with E-state index >= 15 is 0 Å². The number of hydrogen-bond acceptors (Lipinski definition) is 4. The Bertz CT molecular complexity index is 820. The number of aryl methyl sites for hydroxylation is 1. The Morgan fingerprint density at radius 2 is 2.04 bits per heavy atom. The van der Waals surface area contributed by atoms with Gasteiger partial charge in [-0.3, -0.25) is 9.78 Å². The molecule has 1 aromatic heterocycles. The lowest BCUT2D eigenvalue weighted by Crippen LogP contribution is -2.28. The smallest absolute Gasteiger partial charge is 0.255 e. The number of carbonyl (C=O) groups excluding carboxylic acids is 1. The summed E-state index contributed by atoms with van der Waals surface area (Å²) in [5.41, 5.74) is 1.44. The molecule has 1 amide bonds. The molecule has 0 radical (unpaired) electrons. The van der Waals surface area contributed by atoms with E-state index in [2.05, 4.69) is 10.3 Å². The highest BCUT2D eigenvalue weighted by Crippen LogP contribution is 2.21. The van der Waals surface area contributed by atoms with Gasteiger partial charge in [-0.2, -0.15) is 0 Å². The second-order valence-corrected chi connectivity index (χ2v) is 7.52. The number of nitrogens with one attached hydrogen (secondary N) is 1. The highest BCUT2D eigenvalue weighted by Gasteiger charge is 2.23. The number of pyridine rings is 1. The van der Waals surface area contributed by atoms with Gasteiger partial charge in [0.25, 0.3) is 5.91 Å². The van der Waals surface area contributed by atoms with Crippen LogP contribution in [0.3, 0.4) is 0 Å². The van der Waals surface area contributed by atoms with Gasteiger partial charge in [-0.15, -0.1) is 0 Å². The summed E-state index contributed by atoms with van der Waals surface area (Å²) >= 11 is 0. The minimum atomic E-state index is -3.62. The van der Waals surface area contributed by atoms with Gasteiger partial charge in [-0.25, -0.2) is 12.7 Å². The highest BCUT2D eigenvalue weighted by molar-refractivity contribution is 7.89. The van der Waals surface area contributed by atoms with E-state index in [1.807, 2.05) is 6.92 Å². The number of hydrogen-bond donors (Lipinski definition) is 1. The predicted octanol–water partition coefficient (Wildman–Crippen LogP) is 2.67. The molecule has 24 heavy (non-hydrogen) atoms. The first-order valence-corrected chi connectivity index (χ1v) is 9.08. The second kappa shape index (κ2) is 7.55. The van der Waals surface area contributed by atoms with E-state index in [1.165, 1.54) is 16.6 Å². The molecular formula is C17H21N3O3S. The molecule has 0 aliphatic heterocycles. The quantitative estimate of drug-likeness (QED) is 0.871. The lowest BCUT2D eigenvalue weighted by molar-refractivity contribution is 0.102. The second-order valence-electron chi connectivity index (χ2n) is 5.50. The summed E-state index contributed by atoms with van der Waals surface area (Å²) in [6, 6.07) is 8.10. The number of aromatic nitrogens is 1. The molecule has 6 nitrogen and oxygen atoms in total. The first-order valence-electron chi connectivity index (χ1n) is 7.64.